The van der Waals surface area contributed by atoms with Gasteiger partial charge in [-0.15, -0.1) is 0 Å². The van der Waals surface area contributed by atoms with E-state index < -0.39 is 5.82 Å². The van der Waals surface area contributed by atoms with Crippen molar-refractivity contribution in [3.63, 3.8) is 0 Å². The molecule has 1 aromatic carbocycles. The molecule has 0 atom stereocenters. The van der Waals surface area contributed by atoms with E-state index in [0.29, 0.717) is 0 Å². The van der Waals surface area contributed by atoms with E-state index in [0.717, 1.165) is 11.4 Å². The number of nitrogens with zero attached hydrogens (tertiary/aromatic N) is 1. The molecule has 2 N–H and O–H groups in total. The van der Waals surface area contributed by atoms with Crippen molar-refractivity contribution in [2.45, 2.75) is 13.8 Å². The fraction of sp³-hybridized carbons (Fsp3) is 0.214. The van der Waals surface area contributed by atoms with Gasteiger partial charge in [0.1, 0.15) is 12.4 Å². The molecular formula is C14H16FN3O. The van der Waals surface area contributed by atoms with Crippen molar-refractivity contribution in [1.82, 2.24) is 4.68 Å². The number of para-hydroxylation sites is 1. The van der Waals surface area contributed by atoms with Gasteiger partial charge in [0.2, 0.25) is 5.91 Å². The van der Waals surface area contributed by atoms with Gasteiger partial charge in [-0.05, 0) is 38.1 Å². The fourth-order valence-corrected chi connectivity index (χ4v) is 1.83. The number of rotatable bonds is 4. The van der Waals surface area contributed by atoms with E-state index in [4.69, 9.17) is 0 Å². The van der Waals surface area contributed by atoms with Crippen LogP contribution in [-0.4, -0.2) is 17.1 Å². The molecule has 0 aliphatic carbocycles. The summed E-state index contributed by atoms with van der Waals surface area (Å²) < 4.78 is 15.2. The Balaban J connectivity index is 1.94. The second-order valence-corrected chi connectivity index (χ2v) is 4.31. The van der Waals surface area contributed by atoms with E-state index >= 15 is 0 Å². The van der Waals surface area contributed by atoms with E-state index in [-0.39, 0.29) is 18.1 Å². The van der Waals surface area contributed by atoms with Crippen molar-refractivity contribution < 1.29 is 9.18 Å². The van der Waals surface area contributed by atoms with Crippen LogP contribution in [0.3, 0.4) is 0 Å². The quantitative estimate of drug-likeness (QED) is 0.888. The summed E-state index contributed by atoms with van der Waals surface area (Å²) in [5.74, 6) is -0.734. The number of aromatic nitrogens is 1. The van der Waals surface area contributed by atoms with E-state index in [1.165, 1.54) is 12.1 Å². The van der Waals surface area contributed by atoms with Gasteiger partial charge in [0, 0.05) is 11.4 Å². The Hall–Kier alpha value is -2.30. The zero-order valence-electron chi connectivity index (χ0n) is 10.9. The van der Waals surface area contributed by atoms with Gasteiger partial charge in [-0.1, -0.05) is 12.1 Å². The van der Waals surface area contributed by atoms with Gasteiger partial charge in [0.25, 0.3) is 0 Å². The lowest BCUT2D eigenvalue weighted by molar-refractivity contribution is -0.114. The lowest BCUT2D eigenvalue weighted by Gasteiger charge is -2.12. The third kappa shape index (κ3) is 3.13. The highest BCUT2D eigenvalue weighted by molar-refractivity contribution is 5.93. The molecule has 0 unspecified atom stereocenters. The Morgan fingerprint density at radius 1 is 1.16 bits per heavy atom. The Morgan fingerprint density at radius 3 is 2.42 bits per heavy atom. The summed E-state index contributed by atoms with van der Waals surface area (Å²) in [6, 6.07) is 10.00. The van der Waals surface area contributed by atoms with Crippen LogP contribution in [0.15, 0.2) is 36.4 Å². The largest absolute Gasteiger partial charge is 0.322 e. The molecule has 0 fully saturated rings. The number of carbonyl (C=O) groups excluding carboxylic acids is 1. The maximum absolute atomic E-state index is 13.4. The third-order valence-corrected chi connectivity index (χ3v) is 2.82. The van der Waals surface area contributed by atoms with Gasteiger partial charge < -0.3 is 10.7 Å². The van der Waals surface area contributed by atoms with Crippen LogP contribution >= 0.6 is 0 Å². The summed E-state index contributed by atoms with van der Waals surface area (Å²) in [6.07, 6.45) is 0. The lowest BCUT2D eigenvalue weighted by Crippen LogP contribution is -2.28. The molecular weight excluding hydrogens is 245 g/mol. The zero-order valence-corrected chi connectivity index (χ0v) is 10.9. The minimum Gasteiger partial charge on any atom is -0.322 e. The van der Waals surface area contributed by atoms with Gasteiger partial charge >= 0.3 is 0 Å². The summed E-state index contributed by atoms with van der Waals surface area (Å²) in [5, 5.41) is 2.52. The summed E-state index contributed by atoms with van der Waals surface area (Å²) >= 11 is 0. The summed E-state index contributed by atoms with van der Waals surface area (Å²) in [5.41, 5.74) is 5.19. The number of benzene rings is 1. The molecule has 1 amide bonds. The molecule has 4 nitrogen and oxygen atoms in total. The smallest absolute Gasteiger partial charge is 0.245 e. The molecule has 0 spiro atoms. The van der Waals surface area contributed by atoms with Crippen LogP contribution < -0.4 is 10.7 Å². The molecule has 0 aliphatic heterocycles. The Kier molecular flexibility index (Phi) is 3.85. The Bertz CT molecular complexity index is 573. The monoisotopic (exact) mass is 261 g/mol. The second-order valence-electron chi connectivity index (χ2n) is 4.31. The normalized spacial score (nSPS) is 10.3. The lowest BCUT2D eigenvalue weighted by atomic mass is 10.3. The maximum Gasteiger partial charge on any atom is 0.245 e. The molecule has 100 valence electrons. The molecule has 0 saturated carbocycles. The minimum atomic E-state index is -0.441. The molecule has 2 rings (SSSR count). The molecule has 1 heterocycles. The van der Waals surface area contributed by atoms with Crippen LogP contribution in [0.2, 0.25) is 0 Å². The first kappa shape index (κ1) is 13.1. The van der Waals surface area contributed by atoms with Crippen LogP contribution in [0.5, 0.6) is 0 Å². The fourth-order valence-electron chi connectivity index (χ4n) is 1.83. The predicted octanol–water partition coefficient (Wildman–Crippen LogP) is 2.43. The molecule has 0 saturated heterocycles. The first-order valence-corrected chi connectivity index (χ1v) is 6.01. The van der Waals surface area contributed by atoms with Crippen molar-refractivity contribution in [2.24, 2.45) is 0 Å². The number of carbonyl (C=O) groups is 1. The van der Waals surface area contributed by atoms with Crippen LogP contribution in [0, 0.1) is 19.7 Å². The van der Waals surface area contributed by atoms with Crippen molar-refractivity contribution in [3.05, 3.63) is 53.6 Å². The number of halogens is 1. The zero-order chi connectivity index (χ0) is 13.8. The van der Waals surface area contributed by atoms with E-state index in [1.54, 1.807) is 12.1 Å². The topological polar surface area (TPSA) is 46.1 Å². The van der Waals surface area contributed by atoms with Gasteiger partial charge in [-0.25, -0.2) is 4.39 Å². The average molecular weight is 261 g/mol. The number of hydrogen-bond donors (Lipinski definition) is 2. The van der Waals surface area contributed by atoms with Gasteiger partial charge in [0.05, 0.1) is 5.69 Å². The molecule has 0 bridgehead atoms. The first-order chi connectivity index (χ1) is 9.08. The number of nitrogens with one attached hydrogen (secondary N) is 2. The Labute approximate surface area is 111 Å². The molecule has 19 heavy (non-hydrogen) atoms. The second kappa shape index (κ2) is 5.56. The van der Waals surface area contributed by atoms with Crippen LogP contribution in [-0.2, 0) is 4.79 Å². The molecule has 2 aromatic rings. The minimum absolute atomic E-state index is 0.0741. The number of anilines is 1. The first-order valence-electron chi connectivity index (χ1n) is 6.01. The maximum atomic E-state index is 13.4. The van der Waals surface area contributed by atoms with E-state index in [9.17, 15) is 9.18 Å². The summed E-state index contributed by atoms with van der Waals surface area (Å²) in [4.78, 5) is 11.7. The predicted molar refractivity (Wildman–Crippen MR) is 73.2 cm³/mol. The number of aryl methyl sites for hydroxylation is 2. The van der Waals surface area contributed by atoms with Crippen LogP contribution in [0.25, 0.3) is 0 Å². The van der Waals surface area contributed by atoms with Crippen molar-refractivity contribution in [2.75, 3.05) is 17.3 Å². The van der Waals surface area contributed by atoms with Crippen molar-refractivity contribution in [1.29, 1.82) is 0 Å². The Morgan fingerprint density at radius 2 is 1.79 bits per heavy atom. The van der Waals surface area contributed by atoms with Gasteiger partial charge in [-0.3, -0.25) is 9.47 Å². The van der Waals surface area contributed by atoms with Gasteiger partial charge in [0.15, 0.2) is 0 Å². The van der Waals surface area contributed by atoms with E-state index in [2.05, 4.69) is 10.7 Å². The average Bonchev–Trinajstić information content (AvgIpc) is 2.70. The summed E-state index contributed by atoms with van der Waals surface area (Å²) in [6.45, 7) is 3.95. The standard InChI is InChI=1S/C14H16FN3O/c1-10-7-8-11(2)18(10)16-9-14(19)17-13-6-4-3-5-12(13)15/h3-8,16H,9H2,1-2H3,(H,17,19). The molecule has 5 heteroatoms. The van der Waals surface area contributed by atoms with Crippen molar-refractivity contribution in [3.8, 4) is 0 Å². The highest BCUT2D eigenvalue weighted by Gasteiger charge is 2.07. The van der Waals surface area contributed by atoms with Crippen molar-refractivity contribution >= 4 is 11.6 Å². The van der Waals surface area contributed by atoms with Crippen LogP contribution in [0.4, 0.5) is 10.1 Å². The molecule has 1 aromatic heterocycles. The highest BCUT2D eigenvalue weighted by atomic mass is 19.1. The van der Waals surface area contributed by atoms with E-state index in [1.807, 2.05) is 30.7 Å². The highest BCUT2D eigenvalue weighted by Crippen LogP contribution is 2.12. The molecule has 0 aliphatic rings. The SMILES string of the molecule is Cc1ccc(C)n1NCC(=O)Nc1ccccc1F. The summed E-state index contributed by atoms with van der Waals surface area (Å²) in [7, 11) is 0. The van der Waals surface area contributed by atoms with Crippen LogP contribution in [0.1, 0.15) is 11.4 Å². The number of amides is 1. The molecule has 0 radical (unpaired) electrons. The van der Waals surface area contributed by atoms with Gasteiger partial charge in [-0.2, -0.15) is 0 Å². The third-order valence-electron chi connectivity index (χ3n) is 2.82. The number of hydrogen-bond acceptors (Lipinski definition) is 2.